The number of hydrogen-bond donors (Lipinski definition) is 2. The van der Waals surface area contributed by atoms with Crippen LogP contribution in [0.1, 0.15) is 33.0 Å². The molecule has 0 spiro atoms. The van der Waals surface area contributed by atoms with Crippen molar-refractivity contribution < 1.29 is 18.7 Å². The van der Waals surface area contributed by atoms with Gasteiger partial charge in [0.25, 0.3) is 5.91 Å². The maximum Gasteiger partial charge on any atom is 0.287 e. The van der Waals surface area contributed by atoms with Crippen LogP contribution in [0.5, 0.6) is 5.75 Å². The Morgan fingerprint density at radius 3 is 2.70 bits per heavy atom. The number of carbonyl (C=O) groups excluding carboxylic acids is 2. The fourth-order valence-corrected chi connectivity index (χ4v) is 2.83. The van der Waals surface area contributed by atoms with Crippen molar-refractivity contribution in [3.8, 4) is 18.1 Å². The molecule has 0 radical (unpaired) electrons. The van der Waals surface area contributed by atoms with Crippen LogP contribution in [0.25, 0.3) is 0 Å². The fourth-order valence-electron chi connectivity index (χ4n) is 2.83. The van der Waals surface area contributed by atoms with E-state index in [0.717, 1.165) is 16.9 Å². The number of terminal acetylenes is 1. The number of nitrogens with one attached hydrogen (secondary N) is 2. The van der Waals surface area contributed by atoms with Crippen molar-refractivity contribution in [2.45, 2.75) is 20.5 Å². The van der Waals surface area contributed by atoms with Gasteiger partial charge in [-0.2, -0.15) is 0 Å². The molecule has 0 aliphatic carbocycles. The fraction of sp³-hybridized carbons (Fsp3) is 0.167. The summed E-state index contributed by atoms with van der Waals surface area (Å²) in [6.07, 6.45) is 5.34. The summed E-state index contributed by atoms with van der Waals surface area (Å²) in [7, 11) is 0. The average molecular weight is 402 g/mol. The molecular weight excluding hydrogens is 380 g/mol. The first-order valence-electron chi connectivity index (χ1n) is 9.38. The first-order chi connectivity index (χ1) is 14.4. The maximum atomic E-state index is 12.2. The van der Waals surface area contributed by atoms with Crippen LogP contribution in [0, 0.1) is 26.2 Å². The van der Waals surface area contributed by atoms with Gasteiger partial charge in [-0.05, 0) is 55.8 Å². The largest absolute Gasteiger partial charge is 0.485 e. The summed E-state index contributed by atoms with van der Waals surface area (Å²) in [5, 5.41) is 5.20. The van der Waals surface area contributed by atoms with Gasteiger partial charge in [0, 0.05) is 11.3 Å². The van der Waals surface area contributed by atoms with Crippen LogP contribution in [-0.2, 0) is 11.4 Å². The number of hydrogen-bond acceptors (Lipinski definition) is 4. The van der Waals surface area contributed by atoms with Crippen LogP contribution in [0.4, 0.5) is 5.69 Å². The molecular formula is C24H22N2O4. The van der Waals surface area contributed by atoms with Crippen LogP contribution in [0.3, 0.4) is 0 Å². The quantitative estimate of drug-likeness (QED) is 0.589. The molecule has 30 heavy (non-hydrogen) atoms. The highest BCUT2D eigenvalue weighted by atomic mass is 16.5. The molecule has 2 amide bonds. The summed E-state index contributed by atoms with van der Waals surface area (Å²) in [4.78, 5) is 24.3. The SMILES string of the molecule is C#Cc1cccc(NC(=O)CNC(=O)c2ccc(COc3ccc(C)cc3C)o2)c1. The maximum absolute atomic E-state index is 12.2. The van der Waals surface area contributed by atoms with Crippen molar-refractivity contribution in [1.29, 1.82) is 0 Å². The third kappa shape index (κ3) is 5.52. The zero-order valence-electron chi connectivity index (χ0n) is 16.8. The second-order valence-electron chi connectivity index (χ2n) is 6.78. The smallest absolute Gasteiger partial charge is 0.287 e. The van der Waals surface area contributed by atoms with Gasteiger partial charge in [-0.1, -0.05) is 29.7 Å². The average Bonchev–Trinajstić information content (AvgIpc) is 3.20. The Kier molecular flexibility index (Phi) is 6.56. The van der Waals surface area contributed by atoms with Crippen LogP contribution in [0.2, 0.25) is 0 Å². The Morgan fingerprint density at radius 1 is 1.10 bits per heavy atom. The van der Waals surface area contributed by atoms with Crippen molar-refractivity contribution in [1.82, 2.24) is 5.32 Å². The molecule has 1 heterocycles. The molecule has 0 saturated carbocycles. The molecule has 0 unspecified atom stereocenters. The van der Waals surface area contributed by atoms with Gasteiger partial charge in [0.15, 0.2) is 5.76 Å². The van der Waals surface area contributed by atoms with E-state index in [9.17, 15) is 9.59 Å². The highest BCUT2D eigenvalue weighted by molar-refractivity contribution is 5.98. The molecule has 3 aromatic rings. The van der Waals surface area contributed by atoms with Crippen LogP contribution in [-0.4, -0.2) is 18.4 Å². The predicted octanol–water partition coefficient (Wildman–Crippen LogP) is 3.83. The van der Waals surface area contributed by atoms with E-state index in [1.165, 1.54) is 0 Å². The number of ether oxygens (including phenoxy) is 1. The molecule has 0 saturated heterocycles. The number of benzene rings is 2. The van der Waals surface area contributed by atoms with Gasteiger partial charge >= 0.3 is 0 Å². The Balaban J connectivity index is 1.49. The molecule has 0 bridgehead atoms. The molecule has 2 aromatic carbocycles. The van der Waals surface area contributed by atoms with Crippen molar-refractivity contribution >= 4 is 17.5 Å². The molecule has 152 valence electrons. The van der Waals surface area contributed by atoms with Gasteiger partial charge in [0.1, 0.15) is 18.1 Å². The van der Waals surface area contributed by atoms with E-state index in [4.69, 9.17) is 15.6 Å². The van der Waals surface area contributed by atoms with Gasteiger partial charge in [-0.25, -0.2) is 0 Å². The van der Waals surface area contributed by atoms with E-state index in [1.807, 2.05) is 32.0 Å². The lowest BCUT2D eigenvalue weighted by Crippen LogP contribution is -2.32. The molecule has 0 aliphatic rings. The molecule has 1 aromatic heterocycles. The zero-order valence-corrected chi connectivity index (χ0v) is 16.8. The van der Waals surface area contributed by atoms with Gasteiger partial charge in [-0.3, -0.25) is 9.59 Å². The van der Waals surface area contributed by atoms with E-state index in [0.29, 0.717) is 17.0 Å². The van der Waals surface area contributed by atoms with Crippen molar-refractivity contribution in [2.75, 3.05) is 11.9 Å². The van der Waals surface area contributed by atoms with Gasteiger partial charge in [0.05, 0.1) is 6.54 Å². The van der Waals surface area contributed by atoms with Crippen LogP contribution >= 0.6 is 0 Å². The lowest BCUT2D eigenvalue weighted by atomic mass is 10.1. The first-order valence-corrected chi connectivity index (χ1v) is 9.38. The highest BCUT2D eigenvalue weighted by Crippen LogP contribution is 2.20. The molecule has 0 aliphatic heterocycles. The second-order valence-corrected chi connectivity index (χ2v) is 6.78. The number of amides is 2. The van der Waals surface area contributed by atoms with Crippen LogP contribution < -0.4 is 15.4 Å². The van der Waals surface area contributed by atoms with Crippen molar-refractivity contribution in [2.24, 2.45) is 0 Å². The summed E-state index contributed by atoms with van der Waals surface area (Å²) in [6, 6.07) is 16.0. The van der Waals surface area contributed by atoms with E-state index in [-0.39, 0.29) is 24.8 Å². The van der Waals surface area contributed by atoms with E-state index >= 15 is 0 Å². The normalized spacial score (nSPS) is 10.2. The lowest BCUT2D eigenvalue weighted by molar-refractivity contribution is -0.115. The summed E-state index contributed by atoms with van der Waals surface area (Å²) in [6.45, 7) is 3.98. The van der Waals surface area contributed by atoms with Crippen LogP contribution in [0.15, 0.2) is 59.0 Å². The number of anilines is 1. The topological polar surface area (TPSA) is 80.6 Å². The number of rotatable bonds is 7. The van der Waals surface area contributed by atoms with E-state index in [1.54, 1.807) is 36.4 Å². The molecule has 6 heteroatoms. The number of furan rings is 1. The monoisotopic (exact) mass is 402 g/mol. The Hall–Kier alpha value is -3.98. The molecule has 3 rings (SSSR count). The van der Waals surface area contributed by atoms with Gasteiger partial charge in [-0.15, -0.1) is 6.42 Å². The first kappa shape index (κ1) is 20.7. The molecule has 0 fully saturated rings. The second kappa shape index (κ2) is 9.48. The number of aryl methyl sites for hydroxylation is 2. The van der Waals surface area contributed by atoms with Gasteiger partial charge in [0.2, 0.25) is 5.91 Å². The zero-order chi connectivity index (χ0) is 21.5. The summed E-state index contributed by atoms with van der Waals surface area (Å²) < 4.78 is 11.3. The predicted molar refractivity (Wildman–Crippen MR) is 114 cm³/mol. The minimum Gasteiger partial charge on any atom is -0.485 e. The van der Waals surface area contributed by atoms with E-state index in [2.05, 4.69) is 16.6 Å². The van der Waals surface area contributed by atoms with E-state index < -0.39 is 5.91 Å². The third-order valence-electron chi connectivity index (χ3n) is 4.31. The summed E-state index contributed by atoms with van der Waals surface area (Å²) >= 11 is 0. The summed E-state index contributed by atoms with van der Waals surface area (Å²) in [5.74, 6) is 3.01. The minimum atomic E-state index is -0.486. The number of carbonyl (C=O) groups is 2. The Labute approximate surface area is 175 Å². The van der Waals surface area contributed by atoms with Crippen molar-refractivity contribution in [3.05, 3.63) is 82.8 Å². The summed E-state index contributed by atoms with van der Waals surface area (Å²) in [5.41, 5.74) is 3.40. The standard InChI is InChI=1S/C24H22N2O4/c1-4-18-6-5-7-19(13-18)26-23(27)14-25-24(28)22-11-9-20(30-22)15-29-21-10-8-16(2)12-17(21)3/h1,5-13H,14-15H2,2-3H3,(H,25,28)(H,26,27). The Morgan fingerprint density at radius 2 is 1.93 bits per heavy atom. The third-order valence-corrected chi connectivity index (χ3v) is 4.31. The molecule has 0 atom stereocenters. The molecule has 6 nitrogen and oxygen atoms in total. The lowest BCUT2D eigenvalue weighted by Gasteiger charge is -2.08. The van der Waals surface area contributed by atoms with Crippen molar-refractivity contribution in [3.63, 3.8) is 0 Å². The van der Waals surface area contributed by atoms with Gasteiger partial charge < -0.3 is 19.8 Å². The highest BCUT2D eigenvalue weighted by Gasteiger charge is 2.13. The Bertz CT molecular complexity index is 1110. The minimum absolute atomic E-state index is 0.108. The molecule has 2 N–H and O–H groups in total.